The van der Waals surface area contributed by atoms with Crippen LogP contribution in [0, 0.1) is 0 Å². The van der Waals surface area contributed by atoms with Crippen LogP contribution in [-0.4, -0.2) is 58.9 Å². The number of nitrogens with zero attached hydrogens (tertiary/aromatic N) is 6. The summed E-state index contributed by atoms with van der Waals surface area (Å²) in [5.41, 5.74) is 2.38. The van der Waals surface area contributed by atoms with Crippen molar-refractivity contribution >= 4 is 15.8 Å². The maximum atomic E-state index is 12.6. The molecular formula is C15H20N6O2S. The van der Waals surface area contributed by atoms with Crippen molar-refractivity contribution in [3.05, 3.63) is 29.7 Å². The van der Waals surface area contributed by atoms with Crippen molar-refractivity contribution in [3.8, 4) is 0 Å². The van der Waals surface area contributed by atoms with Crippen LogP contribution in [0.15, 0.2) is 23.4 Å². The summed E-state index contributed by atoms with van der Waals surface area (Å²) in [7, 11) is -0.177. The van der Waals surface area contributed by atoms with Gasteiger partial charge in [0.1, 0.15) is 4.90 Å². The molecule has 1 saturated heterocycles. The molecule has 24 heavy (non-hydrogen) atoms. The monoisotopic (exact) mass is 348 g/mol. The zero-order valence-electron chi connectivity index (χ0n) is 13.8. The molecule has 8 nitrogen and oxygen atoms in total. The van der Waals surface area contributed by atoms with E-state index in [1.807, 2.05) is 0 Å². The lowest BCUT2D eigenvalue weighted by molar-refractivity contribution is 0.309. The first kappa shape index (κ1) is 15.5. The Morgan fingerprint density at radius 2 is 2.04 bits per heavy atom. The second kappa shape index (κ2) is 5.52. The van der Waals surface area contributed by atoms with Gasteiger partial charge in [-0.15, -0.1) is 5.10 Å². The topological polar surface area (TPSA) is 84.2 Å². The van der Waals surface area contributed by atoms with E-state index in [0.717, 1.165) is 30.8 Å². The maximum absolute atomic E-state index is 12.6. The number of likely N-dealkylation sites (N-methyl/N-ethyl adjacent to an activating group) is 1. The molecule has 1 aliphatic heterocycles. The molecule has 0 saturated carbocycles. The number of hydrogen-bond acceptors (Lipinski definition) is 6. The Labute approximate surface area is 141 Å². The van der Waals surface area contributed by atoms with Gasteiger partial charge < -0.3 is 4.90 Å². The van der Waals surface area contributed by atoms with Gasteiger partial charge in [0.25, 0.3) is 0 Å². The van der Waals surface area contributed by atoms with Crippen LogP contribution in [0.4, 0.5) is 5.82 Å². The van der Waals surface area contributed by atoms with Crippen LogP contribution in [0.5, 0.6) is 0 Å². The van der Waals surface area contributed by atoms with E-state index in [-0.39, 0.29) is 10.9 Å². The average molecular weight is 348 g/mol. The minimum Gasteiger partial charge on any atom is -0.352 e. The number of rotatable bonds is 4. The van der Waals surface area contributed by atoms with Crippen molar-refractivity contribution in [1.29, 1.82) is 0 Å². The summed E-state index contributed by atoms with van der Waals surface area (Å²) < 4.78 is 28.1. The van der Waals surface area contributed by atoms with Gasteiger partial charge in [-0.1, -0.05) is 0 Å². The maximum Gasteiger partial charge on any atom is 0.246 e. The number of sulfonamides is 1. The third-order valence-electron chi connectivity index (χ3n) is 4.87. The largest absolute Gasteiger partial charge is 0.352 e. The highest BCUT2D eigenvalue weighted by atomic mass is 32.2. The van der Waals surface area contributed by atoms with Crippen LogP contribution in [0.1, 0.15) is 17.7 Å². The molecule has 2 aromatic rings. The van der Waals surface area contributed by atoms with Gasteiger partial charge in [-0.25, -0.2) is 8.42 Å². The van der Waals surface area contributed by atoms with Crippen molar-refractivity contribution in [2.45, 2.75) is 30.2 Å². The predicted octanol–water partition coefficient (Wildman–Crippen LogP) is 0.208. The second-order valence-electron chi connectivity index (χ2n) is 6.46. The van der Waals surface area contributed by atoms with E-state index in [1.54, 1.807) is 14.1 Å². The first-order valence-corrected chi connectivity index (χ1v) is 9.46. The Morgan fingerprint density at radius 3 is 2.75 bits per heavy atom. The quantitative estimate of drug-likeness (QED) is 0.785. The van der Waals surface area contributed by atoms with E-state index in [2.05, 4.69) is 26.3 Å². The van der Waals surface area contributed by atoms with E-state index in [1.165, 1.54) is 26.9 Å². The number of aromatic nitrogens is 4. The van der Waals surface area contributed by atoms with Crippen molar-refractivity contribution in [2.24, 2.45) is 7.05 Å². The van der Waals surface area contributed by atoms with Crippen LogP contribution < -0.4 is 4.90 Å². The lowest BCUT2D eigenvalue weighted by atomic mass is 10.1. The van der Waals surface area contributed by atoms with E-state index in [4.69, 9.17) is 0 Å². The highest BCUT2D eigenvalue weighted by Crippen LogP contribution is 2.28. The van der Waals surface area contributed by atoms with Gasteiger partial charge in [0.05, 0.1) is 17.9 Å². The van der Waals surface area contributed by atoms with Crippen molar-refractivity contribution in [1.82, 2.24) is 24.3 Å². The van der Waals surface area contributed by atoms with Crippen LogP contribution >= 0.6 is 0 Å². The molecule has 2 aromatic heterocycles. The SMILES string of the molecule is CN(C1CN(c2cc3c(nn2)CCC3)C1)S(=O)(=O)c1cnn(C)c1. The minimum absolute atomic E-state index is 0.0646. The summed E-state index contributed by atoms with van der Waals surface area (Å²) in [5, 5.41) is 12.5. The molecule has 0 radical (unpaired) electrons. The number of fused-ring (bicyclic) bond motifs is 1. The summed E-state index contributed by atoms with van der Waals surface area (Å²) in [5.74, 6) is 0.846. The van der Waals surface area contributed by atoms with Gasteiger partial charge in [-0.05, 0) is 30.9 Å². The van der Waals surface area contributed by atoms with E-state index in [0.29, 0.717) is 13.1 Å². The van der Waals surface area contributed by atoms with Gasteiger partial charge in [0.15, 0.2) is 5.82 Å². The summed E-state index contributed by atoms with van der Waals surface area (Å²) in [6.07, 6.45) is 6.12. The van der Waals surface area contributed by atoms with E-state index < -0.39 is 10.0 Å². The zero-order chi connectivity index (χ0) is 16.9. The Hall–Kier alpha value is -2.00. The Balaban J connectivity index is 1.45. The molecule has 0 bridgehead atoms. The fraction of sp³-hybridized carbons (Fsp3) is 0.533. The number of anilines is 1. The van der Waals surface area contributed by atoms with Crippen LogP contribution in [-0.2, 0) is 29.9 Å². The minimum atomic E-state index is -3.51. The summed E-state index contributed by atoms with van der Waals surface area (Å²) in [6.45, 7) is 1.26. The van der Waals surface area contributed by atoms with Crippen molar-refractivity contribution in [2.75, 3.05) is 25.0 Å². The molecule has 2 aliphatic rings. The van der Waals surface area contributed by atoms with E-state index >= 15 is 0 Å². The summed E-state index contributed by atoms with van der Waals surface area (Å²) in [6, 6.07) is 2.03. The third kappa shape index (κ3) is 2.48. The molecule has 128 valence electrons. The van der Waals surface area contributed by atoms with Gasteiger partial charge in [-0.2, -0.15) is 14.5 Å². The molecule has 1 aliphatic carbocycles. The molecule has 0 atom stereocenters. The molecule has 4 rings (SSSR count). The van der Waals surface area contributed by atoms with Gasteiger partial charge >= 0.3 is 0 Å². The predicted molar refractivity (Wildman–Crippen MR) is 88.2 cm³/mol. The second-order valence-corrected chi connectivity index (χ2v) is 8.46. The van der Waals surface area contributed by atoms with Crippen LogP contribution in [0.25, 0.3) is 0 Å². The normalized spacial score (nSPS) is 18.0. The Bertz CT molecular complexity index is 872. The van der Waals surface area contributed by atoms with Gasteiger partial charge in [-0.3, -0.25) is 4.68 Å². The van der Waals surface area contributed by atoms with Crippen LogP contribution in [0.3, 0.4) is 0 Å². The molecule has 0 spiro atoms. The van der Waals surface area contributed by atoms with Gasteiger partial charge in [0, 0.05) is 33.4 Å². The molecule has 0 amide bonds. The highest BCUT2D eigenvalue weighted by Gasteiger charge is 2.38. The average Bonchev–Trinajstić information content (AvgIpc) is 3.13. The molecule has 9 heteroatoms. The van der Waals surface area contributed by atoms with Crippen molar-refractivity contribution in [3.63, 3.8) is 0 Å². The number of aryl methyl sites for hydroxylation is 3. The Morgan fingerprint density at radius 1 is 1.25 bits per heavy atom. The Kier molecular flexibility index (Phi) is 3.57. The highest BCUT2D eigenvalue weighted by molar-refractivity contribution is 7.89. The first-order chi connectivity index (χ1) is 11.4. The molecule has 0 N–H and O–H groups in total. The molecule has 0 unspecified atom stereocenters. The summed E-state index contributed by atoms with van der Waals surface area (Å²) >= 11 is 0. The van der Waals surface area contributed by atoms with Gasteiger partial charge in [0.2, 0.25) is 10.0 Å². The smallest absolute Gasteiger partial charge is 0.246 e. The first-order valence-electron chi connectivity index (χ1n) is 8.02. The molecule has 3 heterocycles. The molecular weight excluding hydrogens is 328 g/mol. The standard InChI is InChI=1S/C15H20N6O2S/c1-19-10-13(7-16-19)24(22,23)20(2)12-8-21(9-12)15-6-11-4-3-5-14(11)17-18-15/h6-7,10,12H,3-5,8-9H2,1-2H3. The fourth-order valence-electron chi connectivity index (χ4n) is 3.24. The van der Waals surface area contributed by atoms with Crippen LogP contribution in [0.2, 0.25) is 0 Å². The number of hydrogen-bond donors (Lipinski definition) is 0. The van der Waals surface area contributed by atoms with E-state index in [9.17, 15) is 8.42 Å². The van der Waals surface area contributed by atoms with Crippen molar-refractivity contribution < 1.29 is 8.42 Å². The fourth-order valence-corrected chi connectivity index (χ4v) is 4.56. The molecule has 1 fully saturated rings. The third-order valence-corrected chi connectivity index (χ3v) is 6.73. The lowest BCUT2D eigenvalue weighted by Gasteiger charge is -2.43. The lowest BCUT2D eigenvalue weighted by Crippen LogP contribution is -2.60. The summed E-state index contributed by atoms with van der Waals surface area (Å²) in [4.78, 5) is 2.30. The zero-order valence-corrected chi connectivity index (χ0v) is 14.6. The molecule has 0 aromatic carbocycles.